The summed E-state index contributed by atoms with van der Waals surface area (Å²) in [7, 11) is 0. The molecule has 23 heavy (non-hydrogen) atoms. The molecule has 1 amide bonds. The largest absolute Gasteiger partial charge is 0.344 e. The lowest BCUT2D eigenvalue weighted by molar-refractivity contribution is 0.0933. The van der Waals surface area contributed by atoms with E-state index >= 15 is 0 Å². The molecule has 1 aromatic carbocycles. The van der Waals surface area contributed by atoms with Crippen molar-refractivity contribution >= 4 is 18.3 Å². The third kappa shape index (κ3) is 3.41. The molecule has 1 aromatic heterocycles. The predicted octanol–water partition coefficient (Wildman–Crippen LogP) is 2.59. The lowest BCUT2D eigenvalue weighted by atomic mass is 9.98. The van der Waals surface area contributed by atoms with Gasteiger partial charge in [0.15, 0.2) is 5.69 Å². The van der Waals surface area contributed by atoms with Crippen LogP contribution in [-0.4, -0.2) is 22.6 Å². The molecule has 3 N–H and O–H groups in total. The molecule has 0 bridgehead atoms. The van der Waals surface area contributed by atoms with Gasteiger partial charge in [0.25, 0.3) is 5.91 Å². The number of hydrogen-bond donors (Lipinski definition) is 3. The number of aryl methyl sites for hydroxylation is 1. The first-order valence-corrected chi connectivity index (χ1v) is 7.71. The van der Waals surface area contributed by atoms with Gasteiger partial charge >= 0.3 is 0 Å². The third-order valence-electron chi connectivity index (χ3n) is 4.48. The van der Waals surface area contributed by atoms with Crippen molar-refractivity contribution in [2.24, 2.45) is 0 Å². The number of carbonyl (C=O) groups is 1. The second kappa shape index (κ2) is 7.15. The first-order valence-electron chi connectivity index (χ1n) is 7.71. The maximum Gasteiger partial charge on any atom is 0.272 e. The van der Waals surface area contributed by atoms with Crippen molar-refractivity contribution in [2.45, 2.75) is 39.8 Å². The Hall–Kier alpha value is -1.85. The number of aromatic amines is 1. The highest BCUT2D eigenvalue weighted by Gasteiger charge is 2.23. The lowest BCUT2D eigenvalue weighted by Gasteiger charge is -2.18. The average Bonchev–Trinajstić information content (AvgIpc) is 2.94. The van der Waals surface area contributed by atoms with Crippen molar-refractivity contribution in [3.05, 3.63) is 51.8 Å². The first-order chi connectivity index (χ1) is 10.6. The second-order valence-electron chi connectivity index (χ2n) is 5.94. The SMILES string of the molecule is Cc1cccc(C(C)NC(=O)c2n[nH]c3c2CNCC3)c1C.Cl. The molecule has 0 saturated carbocycles. The van der Waals surface area contributed by atoms with Crippen LogP contribution in [0.15, 0.2) is 18.2 Å². The average molecular weight is 335 g/mol. The number of carbonyl (C=O) groups excluding carboxylic acids is 1. The van der Waals surface area contributed by atoms with Gasteiger partial charge in [-0.2, -0.15) is 5.10 Å². The normalized spacial score (nSPS) is 14.6. The number of amides is 1. The summed E-state index contributed by atoms with van der Waals surface area (Å²) < 4.78 is 0. The number of fused-ring (bicyclic) bond motifs is 1. The number of H-pyrrole nitrogens is 1. The molecule has 0 spiro atoms. The number of halogens is 1. The van der Waals surface area contributed by atoms with Crippen molar-refractivity contribution in [3.63, 3.8) is 0 Å². The molecule has 6 heteroatoms. The Bertz CT molecular complexity index is 711. The van der Waals surface area contributed by atoms with Crippen LogP contribution in [0, 0.1) is 13.8 Å². The molecule has 1 unspecified atom stereocenters. The summed E-state index contributed by atoms with van der Waals surface area (Å²) in [6.07, 6.45) is 0.891. The zero-order valence-electron chi connectivity index (χ0n) is 13.7. The van der Waals surface area contributed by atoms with Crippen LogP contribution in [0.1, 0.15) is 51.4 Å². The molecule has 5 nitrogen and oxygen atoms in total. The van der Waals surface area contributed by atoms with Crippen LogP contribution < -0.4 is 10.6 Å². The van der Waals surface area contributed by atoms with Gasteiger partial charge in [0.05, 0.1) is 6.04 Å². The van der Waals surface area contributed by atoms with Crippen LogP contribution in [0.3, 0.4) is 0 Å². The molecular formula is C17H23ClN4O. The summed E-state index contributed by atoms with van der Waals surface area (Å²) >= 11 is 0. The van der Waals surface area contributed by atoms with E-state index in [0.29, 0.717) is 12.2 Å². The summed E-state index contributed by atoms with van der Waals surface area (Å²) in [5.74, 6) is -0.116. The summed E-state index contributed by atoms with van der Waals surface area (Å²) in [5.41, 5.74) is 6.19. The number of nitrogens with one attached hydrogen (secondary N) is 3. The summed E-state index contributed by atoms with van der Waals surface area (Å²) in [6.45, 7) is 7.81. The molecule has 2 heterocycles. The van der Waals surface area contributed by atoms with E-state index in [2.05, 4.69) is 46.8 Å². The molecule has 1 aliphatic heterocycles. The molecule has 0 fully saturated rings. The molecular weight excluding hydrogens is 312 g/mol. The lowest BCUT2D eigenvalue weighted by Crippen LogP contribution is -2.30. The van der Waals surface area contributed by atoms with Crippen LogP contribution >= 0.6 is 12.4 Å². The molecule has 124 valence electrons. The van der Waals surface area contributed by atoms with E-state index in [1.165, 1.54) is 11.1 Å². The minimum Gasteiger partial charge on any atom is -0.344 e. The summed E-state index contributed by atoms with van der Waals surface area (Å²) in [6, 6.07) is 6.13. The van der Waals surface area contributed by atoms with Gasteiger partial charge in [-0.3, -0.25) is 9.89 Å². The quantitative estimate of drug-likeness (QED) is 0.808. The zero-order chi connectivity index (χ0) is 15.7. The van der Waals surface area contributed by atoms with Crippen molar-refractivity contribution < 1.29 is 4.79 Å². The van der Waals surface area contributed by atoms with Crippen LogP contribution in [0.2, 0.25) is 0 Å². The highest BCUT2D eigenvalue weighted by atomic mass is 35.5. The Morgan fingerprint density at radius 3 is 2.91 bits per heavy atom. The molecule has 0 radical (unpaired) electrons. The monoisotopic (exact) mass is 334 g/mol. The topological polar surface area (TPSA) is 69.8 Å². The fraction of sp³-hybridized carbons (Fsp3) is 0.412. The fourth-order valence-electron chi connectivity index (χ4n) is 3.00. The van der Waals surface area contributed by atoms with E-state index in [-0.39, 0.29) is 24.4 Å². The Balaban J connectivity index is 0.00000192. The first kappa shape index (κ1) is 17.5. The molecule has 0 aliphatic carbocycles. The maximum atomic E-state index is 12.5. The van der Waals surface area contributed by atoms with Gasteiger partial charge in [-0.05, 0) is 37.5 Å². The Labute approximate surface area is 142 Å². The molecule has 3 rings (SSSR count). The van der Waals surface area contributed by atoms with Gasteiger partial charge in [0, 0.05) is 30.8 Å². The van der Waals surface area contributed by atoms with Crippen molar-refractivity contribution in [1.29, 1.82) is 0 Å². The molecule has 1 atom stereocenters. The van der Waals surface area contributed by atoms with E-state index in [1.807, 2.05) is 13.0 Å². The van der Waals surface area contributed by atoms with E-state index in [4.69, 9.17) is 0 Å². The van der Waals surface area contributed by atoms with Crippen LogP contribution in [0.4, 0.5) is 0 Å². The van der Waals surface area contributed by atoms with Gasteiger partial charge in [-0.25, -0.2) is 0 Å². The Morgan fingerprint density at radius 1 is 1.35 bits per heavy atom. The minimum absolute atomic E-state index is 0. The van der Waals surface area contributed by atoms with E-state index in [9.17, 15) is 4.79 Å². The number of benzene rings is 1. The van der Waals surface area contributed by atoms with Gasteiger partial charge in [-0.15, -0.1) is 12.4 Å². The fourth-order valence-corrected chi connectivity index (χ4v) is 3.00. The van der Waals surface area contributed by atoms with Gasteiger partial charge in [-0.1, -0.05) is 18.2 Å². The summed E-state index contributed by atoms with van der Waals surface area (Å²) in [5, 5.41) is 13.5. The number of nitrogens with zero attached hydrogens (tertiary/aromatic N) is 1. The number of rotatable bonds is 3. The molecule has 1 aliphatic rings. The highest BCUT2D eigenvalue weighted by molar-refractivity contribution is 5.94. The predicted molar refractivity (Wildman–Crippen MR) is 93.0 cm³/mol. The molecule has 2 aromatic rings. The van der Waals surface area contributed by atoms with Crippen molar-refractivity contribution in [3.8, 4) is 0 Å². The van der Waals surface area contributed by atoms with E-state index < -0.39 is 0 Å². The maximum absolute atomic E-state index is 12.5. The van der Waals surface area contributed by atoms with Crippen molar-refractivity contribution in [1.82, 2.24) is 20.8 Å². The van der Waals surface area contributed by atoms with Crippen molar-refractivity contribution in [2.75, 3.05) is 6.54 Å². The van der Waals surface area contributed by atoms with Crippen LogP contribution in [0.25, 0.3) is 0 Å². The second-order valence-corrected chi connectivity index (χ2v) is 5.94. The Morgan fingerprint density at radius 2 is 2.13 bits per heavy atom. The highest BCUT2D eigenvalue weighted by Crippen LogP contribution is 2.21. The van der Waals surface area contributed by atoms with E-state index in [1.54, 1.807) is 0 Å². The van der Waals surface area contributed by atoms with Gasteiger partial charge in [0.2, 0.25) is 0 Å². The standard InChI is InChI=1S/C17H22N4O.ClH/c1-10-5-4-6-13(11(10)2)12(3)19-17(22)16-14-9-18-8-7-15(14)20-21-16;/h4-6,12,18H,7-9H2,1-3H3,(H,19,22)(H,20,21);1H. The molecule has 0 saturated heterocycles. The summed E-state index contributed by atoms with van der Waals surface area (Å²) in [4.78, 5) is 12.5. The zero-order valence-corrected chi connectivity index (χ0v) is 14.5. The minimum atomic E-state index is -0.116. The van der Waals surface area contributed by atoms with Gasteiger partial charge in [0.1, 0.15) is 0 Å². The smallest absolute Gasteiger partial charge is 0.272 e. The Kier molecular flexibility index (Phi) is 5.44. The van der Waals surface area contributed by atoms with Crippen LogP contribution in [-0.2, 0) is 13.0 Å². The third-order valence-corrected chi connectivity index (χ3v) is 4.48. The van der Waals surface area contributed by atoms with E-state index in [0.717, 1.165) is 29.8 Å². The number of hydrogen-bond acceptors (Lipinski definition) is 3. The van der Waals surface area contributed by atoms with Gasteiger partial charge < -0.3 is 10.6 Å². The van der Waals surface area contributed by atoms with Crippen LogP contribution in [0.5, 0.6) is 0 Å². The number of aromatic nitrogens is 2.